The first kappa shape index (κ1) is 11.8. The van der Waals surface area contributed by atoms with Crippen LogP contribution in [0.4, 0.5) is 0 Å². The van der Waals surface area contributed by atoms with E-state index in [1.54, 1.807) is 0 Å². The molecule has 12 heavy (non-hydrogen) atoms. The van der Waals surface area contributed by atoms with Gasteiger partial charge in [0, 0.05) is 5.25 Å². The zero-order chi connectivity index (χ0) is 9.56. The molecule has 0 bridgehead atoms. The van der Waals surface area contributed by atoms with Crippen molar-refractivity contribution in [2.24, 2.45) is 0 Å². The molecule has 0 heterocycles. The predicted octanol–water partition coefficient (Wildman–Crippen LogP) is 2.47. The Hall–Kier alpha value is -0.180. The van der Waals surface area contributed by atoms with Gasteiger partial charge in [-0.25, -0.2) is 0 Å². The minimum Gasteiger partial charge on any atom is -0.466 e. The largest absolute Gasteiger partial charge is 0.466 e. The average molecular weight is 190 g/mol. The summed E-state index contributed by atoms with van der Waals surface area (Å²) >= 11 is 1.81. The van der Waals surface area contributed by atoms with Gasteiger partial charge in [0.1, 0.15) is 0 Å². The number of ether oxygens (including phenoxy) is 1. The summed E-state index contributed by atoms with van der Waals surface area (Å²) < 4.78 is 4.84. The summed E-state index contributed by atoms with van der Waals surface area (Å²) in [4.78, 5) is 11.0. The molecule has 0 aromatic rings. The van der Waals surface area contributed by atoms with Crippen LogP contribution in [0.2, 0.25) is 0 Å². The van der Waals surface area contributed by atoms with Gasteiger partial charge in [0.25, 0.3) is 0 Å². The second-order valence-corrected chi connectivity index (χ2v) is 5.02. The number of rotatable bonds is 5. The maximum atomic E-state index is 11.0. The summed E-state index contributed by atoms with van der Waals surface area (Å²) in [5, 5.41) is 0.943. The van der Waals surface area contributed by atoms with Crippen molar-refractivity contribution < 1.29 is 9.53 Å². The van der Waals surface area contributed by atoms with Gasteiger partial charge in [-0.15, -0.1) is 0 Å². The molecule has 0 aromatic heterocycles. The first-order chi connectivity index (χ1) is 5.56. The lowest BCUT2D eigenvalue weighted by Crippen LogP contribution is -2.12. The van der Waals surface area contributed by atoms with E-state index in [0.717, 1.165) is 0 Å². The highest BCUT2D eigenvalue weighted by molar-refractivity contribution is 8.00. The molecule has 0 aliphatic heterocycles. The Morgan fingerprint density at radius 2 is 2.00 bits per heavy atom. The number of hydrogen-bond acceptors (Lipinski definition) is 3. The third kappa shape index (κ3) is 6.53. The van der Waals surface area contributed by atoms with E-state index in [1.807, 2.05) is 18.7 Å². The van der Waals surface area contributed by atoms with E-state index in [9.17, 15) is 4.79 Å². The normalized spacial score (nSPS) is 13.1. The van der Waals surface area contributed by atoms with E-state index in [0.29, 0.717) is 23.5 Å². The average Bonchev–Trinajstić information content (AvgIpc) is 1.84. The van der Waals surface area contributed by atoms with Crippen molar-refractivity contribution in [3.8, 4) is 0 Å². The van der Waals surface area contributed by atoms with Crippen molar-refractivity contribution in [1.82, 2.24) is 0 Å². The second kappa shape index (κ2) is 6.35. The van der Waals surface area contributed by atoms with Crippen molar-refractivity contribution in [3.05, 3.63) is 0 Å². The van der Waals surface area contributed by atoms with Gasteiger partial charge in [-0.05, 0) is 12.2 Å². The molecule has 0 radical (unpaired) electrons. The fourth-order valence-corrected chi connectivity index (χ4v) is 2.13. The number of hydrogen-bond donors (Lipinski definition) is 0. The lowest BCUT2D eigenvalue weighted by atomic mass is 10.3. The number of esters is 1. The van der Waals surface area contributed by atoms with Crippen LogP contribution in [0, 0.1) is 0 Å². The van der Waals surface area contributed by atoms with Gasteiger partial charge in [-0.1, -0.05) is 20.8 Å². The highest BCUT2D eigenvalue weighted by atomic mass is 32.2. The third-order valence-electron chi connectivity index (χ3n) is 1.26. The van der Waals surface area contributed by atoms with E-state index < -0.39 is 0 Å². The third-order valence-corrected chi connectivity index (χ3v) is 2.44. The molecule has 0 spiro atoms. The Labute approximate surface area is 79.1 Å². The summed E-state index contributed by atoms with van der Waals surface area (Å²) in [7, 11) is 0. The van der Waals surface area contributed by atoms with Gasteiger partial charge in [0.15, 0.2) is 0 Å². The summed E-state index contributed by atoms with van der Waals surface area (Å²) in [5.41, 5.74) is 0. The van der Waals surface area contributed by atoms with Gasteiger partial charge < -0.3 is 4.74 Å². The zero-order valence-electron chi connectivity index (χ0n) is 8.29. The van der Waals surface area contributed by atoms with Gasteiger partial charge >= 0.3 is 5.97 Å². The van der Waals surface area contributed by atoms with Crippen LogP contribution in [-0.2, 0) is 9.53 Å². The van der Waals surface area contributed by atoms with E-state index >= 15 is 0 Å². The summed E-state index contributed by atoms with van der Waals surface area (Å²) in [6.45, 7) is 8.64. The van der Waals surface area contributed by atoms with Crippen molar-refractivity contribution in [1.29, 1.82) is 0 Å². The van der Waals surface area contributed by atoms with Crippen LogP contribution >= 0.6 is 11.8 Å². The molecular formula is C9H18O2S. The first-order valence-electron chi connectivity index (χ1n) is 4.37. The number of carbonyl (C=O) groups is 1. The molecule has 2 nitrogen and oxygen atoms in total. The van der Waals surface area contributed by atoms with Crippen LogP contribution in [0.15, 0.2) is 0 Å². The maximum absolute atomic E-state index is 11.0. The van der Waals surface area contributed by atoms with Gasteiger partial charge in [-0.2, -0.15) is 11.8 Å². The van der Waals surface area contributed by atoms with Gasteiger partial charge in [-0.3, -0.25) is 4.79 Å². The molecule has 0 rings (SSSR count). The number of thioether (sulfide) groups is 1. The SMILES string of the molecule is CCOC(=O)CC(C)SC(C)C. The van der Waals surface area contributed by atoms with Crippen LogP contribution in [0.1, 0.15) is 34.1 Å². The Morgan fingerprint density at radius 1 is 1.42 bits per heavy atom. The van der Waals surface area contributed by atoms with Crippen molar-refractivity contribution >= 4 is 17.7 Å². The van der Waals surface area contributed by atoms with Crippen LogP contribution in [0.3, 0.4) is 0 Å². The molecule has 0 aliphatic rings. The fourth-order valence-electron chi connectivity index (χ4n) is 0.967. The molecule has 0 saturated heterocycles. The van der Waals surface area contributed by atoms with E-state index in [-0.39, 0.29) is 5.97 Å². The van der Waals surface area contributed by atoms with Crippen LogP contribution in [-0.4, -0.2) is 23.1 Å². The van der Waals surface area contributed by atoms with Crippen molar-refractivity contribution in [3.63, 3.8) is 0 Å². The molecule has 0 aromatic carbocycles. The molecule has 3 heteroatoms. The predicted molar refractivity (Wildman–Crippen MR) is 53.4 cm³/mol. The highest BCUT2D eigenvalue weighted by Crippen LogP contribution is 2.19. The van der Waals surface area contributed by atoms with Gasteiger partial charge in [0.2, 0.25) is 0 Å². The summed E-state index contributed by atoms with van der Waals surface area (Å²) in [5.74, 6) is -0.0850. The van der Waals surface area contributed by atoms with Crippen LogP contribution in [0.25, 0.3) is 0 Å². The maximum Gasteiger partial charge on any atom is 0.306 e. The van der Waals surface area contributed by atoms with Crippen LogP contribution < -0.4 is 0 Å². The van der Waals surface area contributed by atoms with E-state index in [4.69, 9.17) is 4.74 Å². The lowest BCUT2D eigenvalue weighted by Gasteiger charge is -2.12. The van der Waals surface area contributed by atoms with Crippen molar-refractivity contribution in [2.45, 2.75) is 44.6 Å². The topological polar surface area (TPSA) is 26.3 Å². The lowest BCUT2D eigenvalue weighted by molar-refractivity contribution is -0.142. The van der Waals surface area contributed by atoms with Crippen LogP contribution in [0.5, 0.6) is 0 Å². The smallest absolute Gasteiger partial charge is 0.306 e. The fraction of sp³-hybridized carbons (Fsp3) is 0.889. The minimum atomic E-state index is -0.0850. The molecule has 0 aliphatic carbocycles. The second-order valence-electron chi connectivity index (χ2n) is 3.00. The summed E-state index contributed by atoms with van der Waals surface area (Å²) in [6, 6.07) is 0. The van der Waals surface area contributed by atoms with E-state index in [2.05, 4.69) is 20.8 Å². The molecule has 72 valence electrons. The quantitative estimate of drug-likeness (QED) is 0.623. The number of carbonyl (C=O) groups excluding carboxylic acids is 1. The minimum absolute atomic E-state index is 0.0850. The Kier molecular flexibility index (Phi) is 6.25. The Morgan fingerprint density at radius 3 is 2.42 bits per heavy atom. The van der Waals surface area contributed by atoms with Crippen molar-refractivity contribution in [2.75, 3.05) is 6.61 Å². The monoisotopic (exact) mass is 190 g/mol. The Bertz CT molecular complexity index is 134. The molecule has 0 fully saturated rings. The highest BCUT2D eigenvalue weighted by Gasteiger charge is 2.11. The molecule has 0 amide bonds. The summed E-state index contributed by atoms with van der Waals surface area (Å²) in [6.07, 6.45) is 0.524. The molecule has 1 unspecified atom stereocenters. The molecule has 0 N–H and O–H groups in total. The van der Waals surface area contributed by atoms with E-state index in [1.165, 1.54) is 0 Å². The molecular weight excluding hydrogens is 172 g/mol. The Balaban J connectivity index is 3.54. The molecule has 0 saturated carbocycles. The van der Waals surface area contributed by atoms with Gasteiger partial charge in [0.05, 0.1) is 13.0 Å². The zero-order valence-corrected chi connectivity index (χ0v) is 9.11. The molecule has 1 atom stereocenters. The standard InChI is InChI=1S/C9H18O2S/c1-5-11-9(10)6-8(4)12-7(2)3/h7-8H,5-6H2,1-4H3. The first-order valence-corrected chi connectivity index (χ1v) is 5.31.